The molecule has 0 fully saturated rings. The Kier molecular flexibility index (Phi) is 17.8. The standard InChI is InChI=1S/C25H17.2C6H5.CH4O.2ClH.Ti/c1-2-9-19(10-3-1)24-17-21-12-6-7-13-23(21)25(24)22-15-14-18-8-4-5-11-20(18)16-22;2*1-2-4-6-5-3-1;1-2;;;/h1-15,17,25H;2*1-5H;2H,1H3;2*1H;/q3*-1;;;;+2/p-2. The first-order valence-corrected chi connectivity index (χ1v) is 12.9. The van der Waals surface area contributed by atoms with E-state index in [-0.39, 0.29) is 52.4 Å². The van der Waals surface area contributed by atoms with Gasteiger partial charge in [-0.1, -0.05) is 66.7 Å². The van der Waals surface area contributed by atoms with Gasteiger partial charge in [-0.2, -0.15) is 72.8 Å². The molecule has 42 heavy (non-hydrogen) atoms. The summed E-state index contributed by atoms with van der Waals surface area (Å²) in [6.07, 6.45) is 2.33. The molecule has 0 bridgehead atoms. The molecule has 0 saturated carbocycles. The third kappa shape index (κ3) is 10.1. The van der Waals surface area contributed by atoms with Crippen LogP contribution in [-0.4, -0.2) is 12.2 Å². The Hall–Kier alpha value is -3.43. The molecule has 0 radical (unpaired) electrons. The first-order valence-electron chi connectivity index (χ1n) is 12.9. The molecule has 1 aliphatic carbocycles. The van der Waals surface area contributed by atoms with Gasteiger partial charge in [0.05, 0.1) is 0 Å². The monoisotopic (exact) mass is 621 g/mol. The van der Waals surface area contributed by atoms with Crippen LogP contribution in [0.2, 0.25) is 0 Å². The summed E-state index contributed by atoms with van der Waals surface area (Å²) in [5.74, 6) is 0.239. The van der Waals surface area contributed by atoms with Gasteiger partial charge in [0, 0.05) is 13.0 Å². The summed E-state index contributed by atoms with van der Waals surface area (Å²) >= 11 is 0. The molecule has 1 atom stereocenters. The molecule has 0 heterocycles. The van der Waals surface area contributed by atoms with Crippen LogP contribution >= 0.6 is 0 Å². The summed E-state index contributed by atoms with van der Waals surface area (Å²) in [5.41, 5.74) is 6.55. The third-order valence-electron chi connectivity index (χ3n) is 6.24. The Labute approximate surface area is 277 Å². The second-order valence-corrected chi connectivity index (χ2v) is 8.68. The molecule has 210 valence electrons. The van der Waals surface area contributed by atoms with Crippen molar-refractivity contribution in [2.75, 3.05) is 7.11 Å². The minimum absolute atomic E-state index is 0. The molecule has 4 heteroatoms. The third-order valence-corrected chi connectivity index (χ3v) is 6.24. The van der Waals surface area contributed by atoms with E-state index in [4.69, 9.17) is 5.11 Å². The number of fused-ring (bicyclic) bond motifs is 2. The number of halogens is 2. The second kappa shape index (κ2) is 20.5. The SMILES string of the molecule is CO.[Cl-].[Cl-].[Ti+2].[c-]1c(C2C(c3ccccc3)=Cc3ccccc32)ccc2ccccc12.[c-]1ccccc1.[c-]1ccccc1. The molecule has 0 spiro atoms. The molecular formula is C38H31Cl2OTi-3. The van der Waals surface area contributed by atoms with Gasteiger partial charge in [0.25, 0.3) is 0 Å². The van der Waals surface area contributed by atoms with Crippen LogP contribution in [0.5, 0.6) is 0 Å². The number of hydrogen-bond donors (Lipinski definition) is 1. The van der Waals surface area contributed by atoms with Gasteiger partial charge in [0.15, 0.2) is 0 Å². The van der Waals surface area contributed by atoms with Crippen molar-refractivity contribution in [2.24, 2.45) is 0 Å². The van der Waals surface area contributed by atoms with Gasteiger partial charge in [-0.15, -0.1) is 46.7 Å². The number of aliphatic hydroxyl groups excluding tert-OH is 1. The van der Waals surface area contributed by atoms with E-state index in [2.05, 4.69) is 115 Å². The number of benzene rings is 6. The molecule has 0 aromatic heterocycles. The van der Waals surface area contributed by atoms with Crippen LogP contribution < -0.4 is 24.8 Å². The zero-order chi connectivity index (χ0) is 27.1. The first kappa shape index (κ1) is 36.6. The van der Waals surface area contributed by atoms with Gasteiger partial charge >= 0.3 is 21.7 Å². The molecule has 6 aromatic rings. The average Bonchev–Trinajstić information content (AvgIpc) is 3.44. The van der Waals surface area contributed by atoms with Crippen LogP contribution in [-0.2, 0) is 21.7 Å². The van der Waals surface area contributed by atoms with E-state index in [1.54, 1.807) is 0 Å². The van der Waals surface area contributed by atoms with E-state index in [0.29, 0.717) is 0 Å². The molecule has 1 N–H and O–H groups in total. The quantitative estimate of drug-likeness (QED) is 0.233. The zero-order valence-electron chi connectivity index (χ0n) is 23.3. The predicted molar refractivity (Wildman–Crippen MR) is 164 cm³/mol. The Morgan fingerprint density at radius 2 is 1.07 bits per heavy atom. The van der Waals surface area contributed by atoms with Gasteiger partial charge in [-0.05, 0) is 28.3 Å². The van der Waals surface area contributed by atoms with Gasteiger partial charge in [-0.25, -0.2) is 0 Å². The maximum atomic E-state index is 7.00. The molecule has 0 saturated heterocycles. The van der Waals surface area contributed by atoms with Crippen molar-refractivity contribution >= 4 is 22.4 Å². The van der Waals surface area contributed by atoms with E-state index in [9.17, 15) is 0 Å². The first-order chi connectivity index (χ1) is 19.4. The van der Waals surface area contributed by atoms with Crippen molar-refractivity contribution in [1.82, 2.24) is 0 Å². The minimum atomic E-state index is 0. The summed E-state index contributed by atoms with van der Waals surface area (Å²) in [5, 5.41) is 9.42. The Balaban J connectivity index is 0.000000433. The van der Waals surface area contributed by atoms with Crippen molar-refractivity contribution in [3.8, 4) is 0 Å². The van der Waals surface area contributed by atoms with Gasteiger partial charge in [-0.3, -0.25) is 0 Å². The van der Waals surface area contributed by atoms with E-state index in [1.807, 2.05) is 60.7 Å². The molecule has 1 unspecified atom stereocenters. The van der Waals surface area contributed by atoms with Crippen molar-refractivity contribution < 1.29 is 51.6 Å². The van der Waals surface area contributed by atoms with Crippen LogP contribution in [0.4, 0.5) is 0 Å². The van der Waals surface area contributed by atoms with Crippen LogP contribution in [0.1, 0.15) is 28.2 Å². The Morgan fingerprint density at radius 1 is 0.548 bits per heavy atom. The summed E-state index contributed by atoms with van der Waals surface area (Å²) in [6.45, 7) is 0. The Morgan fingerprint density at radius 3 is 1.64 bits per heavy atom. The molecular weight excluding hydrogens is 591 g/mol. The summed E-state index contributed by atoms with van der Waals surface area (Å²) in [6, 6.07) is 61.0. The largest absolute Gasteiger partial charge is 2.00 e. The zero-order valence-corrected chi connectivity index (χ0v) is 26.4. The average molecular weight is 622 g/mol. The van der Waals surface area contributed by atoms with Crippen LogP contribution in [0.25, 0.3) is 22.4 Å². The minimum Gasteiger partial charge on any atom is -1.00 e. The number of aliphatic hydroxyl groups is 1. The molecule has 0 amide bonds. The van der Waals surface area contributed by atoms with E-state index in [0.717, 1.165) is 7.11 Å². The van der Waals surface area contributed by atoms with Gasteiger partial charge in [0.1, 0.15) is 0 Å². The number of allylic oxidation sites excluding steroid dienone is 1. The fourth-order valence-corrected chi connectivity index (χ4v) is 4.52. The molecule has 6 aromatic carbocycles. The molecule has 1 aliphatic rings. The van der Waals surface area contributed by atoms with Crippen molar-refractivity contribution in [1.29, 1.82) is 0 Å². The van der Waals surface area contributed by atoms with Crippen molar-refractivity contribution in [2.45, 2.75) is 5.92 Å². The number of hydrogen-bond acceptors (Lipinski definition) is 1. The summed E-state index contributed by atoms with van der Waals surface area (Å²) in [7, 11) is 1.00. The molecule has 0 aliphatic heterocycles. The fourth-order valence-electron chi connectivity index (χ4n) is 4.52. The molecule has 7 rings (SSSR count). The van der Waals surface area contributed by atoms with E-state index in [1.165, 1.54) is 38.6 Å². The van der Waals surface area contributed by atoms with Crippen LogP contribution in [0, 0.1) is 18.2 Å². The second-order valence-electron chi connectivity index (χ2n) is 8.68. The normalized spacial score (nSPS) is 11.9. The van der Waals surface area contributed by atoms with Crippen LogP contribution in [0.3, 0.4) is 0 Å². The summed E-state index contributed by atoms with van der Waals surface area (Å²) in [4.78, 5) is 0. The maximum Gasteiger partial charge on any atom is 2.00 e. The van der Waals surface area contributed by atoms with Crippen LogP contribution in [0.15, 0.2) is 152 Å². The smallest absolute Gasteiger partial charge is 1.00 e. The Bertz CT molecular complexity index is 1490. The number of rotatable bonds is 2. The van der Waals surface area contributed by atoms with E-state index < -0.39 is 0 Å². The van der Waals surface area contributed by atoms with E-state index >= 15 is 0 Å². The van der Waals surface area contributed by atoms with Crippen molar-refractivity contribution in [3.63, 3.8) is 0 Å². The van der Waals surface area contributed by atoms with Gasteiger partial charge in [0.2, 0.25) is 0 Å². The topological polar surface area (TPSA) is 20.2 Å². The fraction of sp³-hybridized carbons (Fsp3) is 0.0526. The predicted octanol–water partition coefficient (Wildman–Crippen LogP) is 2.91. The maximum absolute atomic E-state index is 7.00. The van der Waals surface area contributed by atoms with Gasteiger partial charge < -0.3 is 29.9 Å². The summed E-state index contributed by atoms with van der Waals surface area (Å²) < 4.78 is 0. The molecule has 1 nitrogen and oxygen atoms in total. The van der Waals surface area contributed by atoms with Crippen molar-refractivity contribution in [3.05, 3.63) is 192 Å².